The zero-order chi connectivity index (χ0) is 18.2. The molecule has 0 aliphatic carbocycles. The number of sulfonamides is 1. The molecule has 1 atom stereocenters. The van der Waals surface area contributed by atoms with Gasteiger partial charge in [-0.25, -0.2) is 8.42 Å². The van der Waals surface area contributed by atoms with Gasteiger partial charge in [-0.05, 0) is 55.6 Å². The molecule has 0 unspecified atom stereocenters. The zero-order valence-corrected chi connectivity index (χ0v) is 16.2. The first-order valence-corrected chi connectivity index (χ1v) is 10.9. The van der Waals surface area contributed by atoms with E-state index in [1.807, 2.05) is 18.2 Å². The molecule has 0 N–H and O–H groups in total. The lowest BCUT2D eigenvalue weighted by Gasteiger charge is -2.35. The lowest BCUT2D eigenvalue weighted by atomic mass is 9.95. The Morgan fingerprint density at radius 3 is 2.42 bits per heavy atom. The van der Waals surface area contributed by atoms with Gasteiger partial charge < -0.3 is 0 Å². The number of hydrogen-bond acceptors (Lipinski definition) is 3. The Morgan fingerprint density at radius 1 is 0.962 bits per heavy atom. The van der Waals surface area contributed by atoms with Gasteiger partial charge in [-0.3, -0.25) is 4.90 Å². The maximum absolute atomic E-state index is 13.0. The SMILES string of the molecule is O=S(=O)(c1ccccc1)N1CC[C@]2(CCCN2Cc2ccc(Cl)cc2)C1. The summed E-state index contributed by atoms with van der Waals surface area (Å²) in [5.41, 5.74) is 1.18. The van der Waals surface area contributed by atoms with Gasteiger partial charge in [-0.2, -0.15) is 4.31 Å². The van der Waals surface area contributed by atoms with Gasteiger partial charge in [0.1, 0.15) is 0 Å². The molecule has 2 aliphatic rings. The molecule has 2 saturated heterocycles. The lowest BCUT2D eigenvalue weighted by Crippen LogP contribution is -2.46. The molecule has 2 aromatic rings. The van der Waals surface area contributed by atoms with Crippen LogP contribution in [0.2, 0.25) is 5.02 Å². The molecule has 1 spiro atoms. The maximum atomic E-state index is 13.0. The van der Waals surface area contributed by atoms with Gasteiger partial charge in [0, 0.05) is 30.2 Å². The summed E-state index contributed by atoms with van der Waals surface area (Å²) in [6, 6.07) is 16.7. The van der Waals surface area contributed by atoms with Crippen LogP contribution in [0.25, 0.3) is 0 Å². The van der Waals surface area contributed by atoms with E-state index in [0.29, 0.717) is 18.0 Å². The van der Waals surface area contributed by atoms with Crippen molar-refractivity contribution in [1.29, 1.82) is 0 Å². The van der Waals surface area contributed by atoms with Crippen LogP contribution in [0.3, 0.4) is 0 Å². The van der Waals surface area contributed by atoms with Crippen molar-refractivity contribution >= 4 is 21.6 Å². The van der Waals surface area contributed by atoms with Crippen molar-refractivity contribution in [1.82, 2.24) is 9.21 Å². The first-order chi connectivity index (χ1) is 12.5. The molecule has 6 heteroatoms. The quantitative estimate of drug-likeness (QED) is 0.797. The molecule has 4 nitrogen and oxygen atoms in total. The summed E-state index contributed by atoms with van der Waals surface area (Å²) < 4.78 is 27.6. The lowest BCUT2D eigenvalue weighted by molar-refractivity contribution is 0.142. The minimum Gasteiger partial charge on any atom is -0.292 e. The van der Waals surface area contributed by atoms with Crippen molar-refractivity contribution in [3.8, 4) is 0 Å². The van der Waals surface area contributed by atoms with Gasteiger partial charge >= 0.3 is 0 Å². The number of rotatable bonds is 4. The fourth-order valence-electron chi connectivity index (χ4n) is 4.28. The van der Waals surface area contributed by atoms with Crippen molar-refractivity contribution in [2.24, 2.45) is 0 Å². The number of benzene rings is 2. The Morgan fingerprint density at radius 2 is 1.69 bits per heavy atom. The summed E-state index contributed by atoms with van der Waals surface area (Å²) in [6.07, 6.45) is 3.07. The molecule has 2 aliphatic heterocycles. The third-order valence-electron chi connectivity index (χ3n) is 5.71. The van der Waals surface area contributed by atoms with E-state index in [0.717, 1.165) is 37.4 Å². The average molecular weight is 391 g/mol. The van der Waals surface area contributed by atoms with Crippen molar-refractivity contribution in [2.75, 3.05) is 19.6 Å². The maximum Gasteiger partial charge on any atom is 0.243 e. The van der Waals surface area contributed by atoms with Crippen LogP contribution >= 0.6 is 11.6 Å². The van der Waals surface area contributed by atoms with E-state index in [-0.39, 0.29) is 5.54 Å². The molecular weight excluding hydrogens is 368 g/mol. The van der Waals surface area contributed by atoms with Gasteiger partial charge in [0.05, 0.1) is 4.90 Å². The average Bonchev–Trinajstić information content (AvgIpc) is 3.26. The van der Waals surface area contributed by atoms with Gasteiger partial charge in [-0.1, -0.05) is 41.9 Å². The summed E-state index contributed by atoms with van der Waals surface area (Å²) in [5, 5.41) is 0.742. The van der Waals surface area contributed by atoms with E-state index in [4.69, 9.17) is 11.6 Å². The van der Waals surface area contributed by atoms with Gasteiger partial charge in [0.2, 0.25) is 10.0 Å². The molecular formula is C20H23ClN2O2S. The molecule has 2 heterocycles. The minimum atomic E-state index is -3.41. The molecule has 4 rings (SSSR count). The molecule has 26 heavy (non-hydrogen) atoms. The van der Waals surface area contributed by atoms with Crippen LogP contribution < -0.4 is 0 Å². The van der Waals surface area contributed by atoms with Gasteiger partial charge in [-0.15, -0.1) is 0 Å². The monoisotopic (exact) mass is 390 g/mol. The second-order valence-corrected chi connectivity index (χ2v) is 9.65. The van der Waals surface area contributed by atoms with Crippen molar-refractivity contribution in [2.45, 2.75) is 36.2 Å². The van der Waals surface area contributed by atoms with Crippen molar-refractivity contribution < 1.29 is 8.42 Å². The largest absolute Gasteiger partial charge is 0.292 e. The molecule has 0 amide bonds. The van der Waals surface area contributed by atoms with Crippen LogP contribution in [-0.4, -0.2) is 42.8 Å². The highest BCUT2D eigenvalue weighted by Gasteiger charge is 2.48. The standard InChI is InChI=1S/C20H23ClN2O2S/c21-18-9-7-17(8-10-18)15-22-13-4-11-20(22)12-14-23(16-20)26(24,25)19-5-2-1-3-6-19/h1-3,5-10H,4,11-16H2/t20-/m1/s1. The highest BCUT2D eigenvalue weighted by atomic mass is 35.5. The molecule has 0 saturated carbocycles. The van der Waals surface area contributed by atoms with E-state index in [2.05, 4.69) is 17.0 Å². The van der Waals surface area contributed by atoms with Crippen molar-refractivity contribution in [3.63, 3.8) is 0 Å². The molecule has 0 bridgehead atoms. The van der Waals surface area contributed by atoms with Crippen LogP contribution in [0.4, 0.5) is 0 Å². The molecule has 2 fully saturated rings. The summed E-state index contributed by atoms with van der Waals surface area (Å²) in [6.45, 7) is 3.03. The predicted molar refractivity (Wildman–Crippen MR) is 104 cm³/mol. The summed E-state index contributed by atoms with van der Waals surface area (Å²) in [5.74, 6) is 0. The normalized spacial score (nSPS) is 24.5. The minimum absolute atomic E-state index is 0.0402. The van der Waals surface area contributed by atoms with Crippen LogP contribution in [0, 0.1) is 0 Å². The van der Waals surface area contributed by atoms with Crippen LogP contribution in [-0.2, 0) is 16.6 Å². The molecule has 138 valence electrons. The predicted octanol–water partition coefficient (Wildman–Crippen LogP) is 3.77. The van der Waals surface area contributed by atoms with E-state index in [9.17, 15) is 8.42 Å². The van der Waals surface area contributed by atoms with E-state index in [1.165, 1.54) is 5.56 Å². The van der Waals surface area contributed by atoms with E-state index >= 15 is 0 Å². The van der Waals surface area contributed by atoms with Gasteiger partial charge in [0.15, 0.2) is 0 Å². The summed E-state index contributed by atoms with van der Waals surface area (Å²) >= 11 is 5.99. The first kappa shape index (κ1) is 18.0. The second kappa shape index (κ2) is 6.97. The Labute approximate surface area is 160 Å². The Balaban J connectivity index is 1.53. The third kappa shape index (κ3) is 3.29. The van der Waals surface area contributed by atoms with Crippen LogP contribution in [0.5, 0.6) is 0 Å². The number of hydrogen-bond donors (Lipinski definition) is 0. The fourth-order valence-corrected chi connectivity index (χ4v) is 5.95. The zero-order valence-electron chi connectivity index (χ0n) is 14.6. The van der Waals surface area contributed by atoms with E-state index in [1.54, 1.807) is 28.6 Å². The molecule has 2 aromatic carbocycles. The number of likely N-dealkylation sites (tertiary alicyclic amines) is 1. The number of nitrogens with zero attached hydrogens (tertiary/aromatic N) is 2. The second-order valence-electron chi connectivity index (χ2n) is 7.28. The Kier molecular flexibility index (Phi) is 4.82. The van der Waals surface area contributed by atoms with Crippen molar-refractivity contribution in [3.05, 3.63) is 65.2 Å². The highest BCUT2D eigenvalue weighted by molar-refractivity contribution is 7.89. The van der Waals surface area contributed by atoms with E-state index < -0.39 is 10.0 Å². The number of halogens is 1. The first-order valence-electron chi connectivity index (χ1n) is 9.04. The Bertz CT molecular complexity index is 870. The summed E-state index contributed by atoms with van der Waals surface area (Å²) in [7, 11) is -3.41. The van der Waals surface area contributed by atoms with Gasteiger partial charge in [0.25, 0.3) is 0 Å². The third-order valence-corrected chi connectivity index (χ3v) is 7.82. The Hall–Kier alpha value is -1.40. The highest BCUT2D eigenvalue weighted by Crippen LogP contribution is 2.40. The molecule has 0 aromatic heterocycles. The van der Waals surface area contributed by atoms with Crippen LogP contribution in [0.1, 0.15) is 24.8 Å². The fraction of sp³-hybridized carbons (Fsp3) is 0.400. The smallest absolute Gasteiger partial charge is 0.243 e. The van der Waals surface area contributed by atoms with Crippen LogP contribution in [0.15, 0.2) is 59.5 Å². The summed E-state index contributed by atoms with van der Waals surface area (Å²) in [4.78, 5) is 2.86. The topological polar surface area (TPSA) is 40.6 Å². The molecule has 0 radical (unpaired) electrons.